The van der Waals surface area contributed by atoms with Crippen molar-refractivity contribution in [2.24, 2.45) is 0 Å². The number of aromatic hydroxyl groups is 1. The molecule has 1 N–H and O–H groups in total. The summed E-state index contributed by atoms with van der Waals surface area (Å²) in [7, 11) is -4.18. The minimum Gasteiger partial charge on any atom is -0.506 e. The molecule has 0 aliphatic carbocycles. The van der Waals surface area contributed by atoms with Gasteiger partial charge in [0.1, 0.15) is 22.2 Å². The highest BCUT2D eigenvalue weighted by molar-refractivity contribution is 7.87. The molecule has 4 nitrogen and oxygen atoms in total. The first-order valence-electron chi connectivity index (χ1n) is 4.97. The maximum absolute atomic E-state index is 12.9. The summed E-state index contributed by atoms with van der Waals surface area (Å²) in [6.07, 6.45) is 0. The van der Waals surface area contributed by atoms with Gasteiger partial charge in [0.25, 0.3) is 0 Å². The van der Waals surface area contributed by atoms with Crippen LogP contribution in [0.2, 0.25) is 0 Å². The summed E-state index contributed by atoms with van der Waals surface area (Å²) in [6.45, 7) is 0. The smallest absolute Gasteiger partial charge is 0.342 e. The second-order valence-electron chi connectivity index (χ2n) is 3.46. The normalized spacial score (nSPS) is 11.2. The standard InChI is InChI=1S/C12H9FO4S/c13-9-4-3-5-10(8-9)17-18(15,16)12-7-2-1-6-11(12)14/h1-8,14H. The largest absolute Gasteiger partial charge is 0.506 e. The fraction of sp³-hybridized carbons (Fsp3) is 0. The van der Waals surface area contributed by atoms with Crippen molar-refractivity contribution < 1.29 is 22.1 Å². The summed E-state index contributed by atoms with van der Waals surface area (Å²) in [5.74, 6) is -1.19. The number of para-hydroxylation sites is 1. The molecule has 0 spiro atoms. The molecule has 0 heterocycles. The molecule has 6 heteroatoms. The highest BCUT2D eigenvalue weighted by Gasteiger charge is 2.20. The van der Waals surface area contributed by atoms with E-state index in [-0.39, 0.29) is 10.6 Å². The van der Waals surface area contributed by atoms with E-state index >= 15 is 0 Å². The molecule has 0 atom stereocenters. The fourth-order valence-electron chi connectivity index (χ4n) is 1.36. The zero-order valence-corrected chi connectivity index (χ0v) is 9.89. The molecule has 0 aromatic heterocycles. The molecule has 94 valence electrons. The van der Waals surface area contributed by atoms with Gasteiger partial charge in [-0.1, -0.05) is 18.2 Å². The topological polar surface area (TPSA) is 63.6 Å². The Morgan fingerprint density at radius 2 is 1.78 bits per heavy atom. The van der Waals surface area contributed by atoms with Crippen molar-refractivity contribution in [1.29, 1.82) is 0 Å². The van der Waals surface area contributed by atoms with Gasteiger partial charge in [-0.15, -0.1) is 0 Å². The first kappa shape index (κ1) is 12.4. The van der Waals surface area contributed by atoms with E-state index < -0.39 is 21.7 Å². The lowest BCUT2D eigenvalue weighted by molar-refractivity contribution is 0.444. The van der Waals surface area contributed by atoms with Crippen molar-refractivity contribution in [2.45, 2.75) is 4.90 Å². The Kier molecular flexibility index (Phi) is 3.20. The number of hydrogen-bond acceptors (Lipinski definition) is 4. The van der Waals surface area contributed by atoms with Gasteiger partial charge in [0, 0.05) is 6.07 Å². The third-order valence-corrected chi connectivity index (χ3v) is 3.43. The third kappa shape index (κ3) is 2.60. The van der Waals surface area contributed by atoms with Crippen molar-refractivity contribution in [3.8, 4) is 11.5 Å². The number of halogens is 1. The van der Waals surface area contributed by atoms with E-state index in [9.17, 15) is 17.9 Å². The molecule has 0 amide bonds. The van der Waals surface area contributed by atoms with Crippen LogP contribution in [0.4, 0.5) is 4.39 Å². The van der Waals surface area contributed by atoms with Crippen LogP contribution in [0.15, 0.2) is 53.4 Å². The predicted molar refractivity (Wildman–Crippen MR) is 62.3 cm³/mol. The van der Waals surface area contributed by atoms with Crippen LogP contribution in [0.5, 0.6) is 11.5 Å². The fourth-order valence-corrected chi connectivity index (χ4v) is 2.38. The average molecular weight is 268 g/mol. The summed E-state index contributed by atoms with van der Waals surface area (Å²) >= 11 is 0. The van der Waals surface area contributed by atoms with Gasteiger partial charge in [0.15, 0.2) is 0 Å². The van der Waals surface area contributed by atoms with Crippen LogP contribution in [0.3, 0.4) is 0 Å². The lowest BCUT2D eigenvalue weighted by Crippen LogP contribution is -2.09. The monoisotopic (exact) mass is 268 g/mol. The zero-order valence-electron chi connectivity index (χ0n) is 9.08. The molecular weight excluding hydrogens is 259 g/mol. The summed E-state index contributed by atoms with van der Waals surface area (Å²) in [6, 6.07) is 10.1. The highest BCUT2D eigenvalue weighted by Crippen LogP contribution is 2.25. The molecule has 0 radical (unpaired) electrons. The molecule has 2 aromatic rings. The Balaban J connectivity index is 2.37. The van der Waals surface area contributed by atoms with Gasteiger partial charge >= 0.3 is 10.1 Å². The van der Waals surface area contributed by atoms with Gasteiger partial charge in [0.05, 0.1) is 0 Å². The van der Waals surface area contributed by atoms with E-state index in [1.54, 1.807) is 0 Å². The lowest BCUT2D eigenvalue weighted by atomic mass is 10.3. The number of phenols is 1. The molecule has 0 aliphatic heterocycles. The van der Waals surface area contributed by atoms with Crippen molar-refractivity contribution >= 4 is 10.1 Å². The van der Waals surface area contributed by atoms with Crippen LogP contribution in [-0.2, 0) is 10.1 Å². The van der Waals surface area contributed by atoms with E-state index in [4.69, 9.17) is 4.18 Å². The number of rotatable bonds is 3. The van der Waals surface area contributed by atoms with E-state index in [1.807, 2.05) is 0 Å². The number of phenolic OH excluding ortho intramolecular Hbond substituents is 1. The van der Waals surface area contributed by atoms with E-state index in [2.05, 4.69) is 0 Å². The van der Waals surface area contributed by atoms with Crippen LogP contribution in [-0.4, -0.2) is 13.5 Å². The van der Waals surface area contributed by atoms with E-state index in [0.29, 0.717) is 0 Å². The molecule has 2 aromatic carbocycles. The molecule has 0 saturated carbocycles. The average Bonchev–Trinajstić information content (AvgIpc) is 2.28. The van der Waals surface area contributed by atoms with Gasteiger partial charge < -0.3 is 9.29 Å². The van der Waals surface area contributed by atoms with Crippen LogP contribution in [0, 0.1) is 5.82 Å². The lowest BCUT2D eigenvalue weighted by Gasteiger charge is -2.08. The quantitative estimate of drug-likeness (QED) is 0.867. The maximum Gasteiger partial charge on any atom is 0.342 e. The van der Waals surface area contributed by atoms with Crippen molar-refractivity contribution in [3.63, 3.8) is 0 Å². The van der Waals surface area contributed by atoms with Gasteiger partial charge in [-0.3, -0.25) is 0 Å². The second-order valence-corrected chi connectivity index (χ2v) is 4.98. The van der Waals surface area contributed by atoms with Gasteiger partial charge in [0.2, 0.25) is 0 Å². The molecule has 0 unspecified atom stereocenters. The molecular formula is C12H9FO4S. The third-order valence-electron chi connectivity index (χ3n) is 2.14. The van der Waals surface area contributed by atoms with Crippen molar-refractivity contribution in [1.82, 2.24) is 0 Å². The molecule has 0 fully saturated rings. The van der Waals surface area contributed by atoms with Crippen LogP contribution in [0.1, 0.15) is 0 Å². The van der Waals surface area contributed by atoms with E-state index in [0.717, 1.165) is 6.07 Å². The number of hydrogen-bond donors (Lipinski definition) is 1. The summed E-state index contributed by atoms with van der Waals surface area (Å²) in [5, 5.41) is 9.45. The zero-order chi connectivity index (χ0) is 13.2. The minimum atomic E-state index is -4.18. The van der Waals surface area contributed by atoms with Gasteiger partial charge in [-0.05, 0) is 24.3 Å². The predicted octanol–water partition coefficient (Wildman–Crippen LogP) is 2.30. The Labute approximate surface area is 103 Å². The highest BCUT2D eigenvalue weighted by atomic mass is 32.2. The van der Waals surface area contributed by atoms with Gasteiger partial charge in [-0.25, -0.2) is 4.39 Å². The Morgan fingerprint density at radius 3 is 2.44 bits per heavy atom. The number of benzene rings is 2. The van der Waals surface area contributed by atoms with Crippen molar-refractivity contribution in [2.75, 3.05) is 0 Å². The van der Waals surface area contributed by atoms with Crippen LogP contribution in [0.25, 0.3) is 0 Å². The Hall–Kier alpha value is -2.08. The van der Waals surface area contributed by atoms with Gasteiger partial charge in [-0.2, -0.15) is 8.42 Å². The molecule has 2 rings (SSSR count). The minimum absolute atomic E-state index is 0.154. The van der Waals surface area contributed by atoms with E-state index in [1.165, 1.54) is 42.5 Å². The maximum atomic E-state index is 12.9. The molecule has 0 aliphatic rings. The summed E-state index contributed by atoms with van der Waals surface area (Å²) in [4.78, 5) is -0.366. The van der Waals surface area contributed by atoms with Crippen LogP contribution < -0.4 is 4.18 Å². The Morgan fingerprint density at radius 1 is 1.06 bits per heavy atom. The SMILES string of the molecule is O=S(=O)(Oc1cccc(F)c1)c1ccccc1O. The first-order chi connectivity index (χ1) is 8.49. The van der Waals surface area contributed by atoms with Crippen molar-refractivity contribution in [3.05, 3.63) is 54.3 Å². The summed E-state index contributed by atoms with van der Waals surface area (Å²) < 4.78 is 41.3. The van der Waals surface area contributed by atoms with Crippen LogP contribution >= 0.6 is 0 Å². The second kappa shape index (κ2) is 4.66. The molecule has 0 saturated heterocycles. The first-order valence-corrected chi connectivity index (χ1v) is 6.38. The molecule has 18 heavy (non-hydrogen) atoms. The Bertz CT molecular complexity index is 667. The summed E-state index contributed by atoms with van der Waals surface area (Å²) in [5.41, 5.74) is 0. The molecule has 0 bridgehead atoms.